The molecular formula is C9H9NO2S. The maximum absolute atomic E-state index is 10.5. The standard InChI is InChI=1S/C9H9NO2S/c1-7-4-8(6-13(11)12)2-3-9(7)5-10/h2-4H,6H2,1H3,(H,11,12). The van der Waals surface area contributed by atoms with E-state index in [4.69, 9.17) is 9.81 Å². The predicted molar refractivity (Wildman–Crippen MR) is 50.4 cm³/mol. The molecule has 3 nitrogen and oxygen atoms in total. The van der Waals surface area contributed by atoms with Crippen LogP contribution in [0.5, 0.6) is 0 Å². The zero-order valence-electron chi connectivity index (χ0n) is 7.15. The first-order valence-corrected chi connectivity index (χ1v) is 4.98. The van der Waals surface area contributed by atoms with Crippen molar-refractivity contribution < 1.29 is 8.76 Å². The second-order valence-corrected chi connectivity index (χ2v) is 3.66. The molecule has 1 unspecified atom stereocenters. The summed E-state index contributed by atoms with van der Waals surface area (Å²) in [7, 11) is 0. The molecule has 0 saturated carbocycles. The Morgan fingerprint density at radius 3 is 2.77 bits per heavy atom. The van der Waals surface area contributed by atoms with Crippen LogP contribution in [0.1, 0.15) is 16.7 Å². The normalized spacial score (nSPS) is 12.1. The molecule has 0 aromatic heterocycles. The van der Waals surface area contributed by atoms with Crippen LogP contribution in [0.25, 0.3) is 0 Å². The number of rotatable bonds is 2. The molecule has 0 aliphatic rings. The van der Waals surface area contributed by atoms with Gasteiger partial charge in [0, 0.05) is 0 Å². The molecule has 0 radical (unpaired) electrons. The summed E-state index contributed by atoms with van der Waals surface area (Å²) in [6.07, 6.45) is 0. The van der Waals surface area contributed by atoms with Gasteiger partial charge in [-0.2, -0.15) is 5.26 Å². The van der Waals surface area contributed by atoms with Crippen LogP contribution < -0.4 is 0 Å². The third-order valence-electron chi connectivity index (χ3n) is 1.70. The van der Waals surface area contributed by atoms with Crippen molar-refractivity contribution in [1.29, 1.82) is 5.26 Å². The summed E-state index contributed by atoms with van der Waals surface area (Å²) in [6, 6.07) is 7.15. The maximum Gasteiger partial charge on any atom is 0.157 e. The Balaban J connectivity index is 2.97. The first-order valence-electron chi connectivity index (χ1n) is 3.70. The molecule has 0 aliphatic heterocycles. The lowest BCUT2D eigenvalue weighted by molar-refractivity contribution is 0.563. The summed E-state index contributed by atoms with van der Waals surface area (Å²) in [5.41, 5.74) is 2.22. The highest BCUT2D eigenvalue weighted by Crippen LogP contribution is 2.11. The minimum absolute atomic E-state index is 0.118. The monoisotopic (exact) mass is 195 g/mol. The van der Waals surface area contributed by atoms with Gasteiger partial charge in [-0.25, -0.2) is 4.21 Å². The highest BCUT2D eigenvalue weighted by molar-refractivity contribution is 7.78. The summed E-state index contributed by atoms with van der Waals surface area (Å²) in [5, 5.41) is 8.63. The van der Waals surface area contributed by atoms with Crippen LogP contribution in [0, 0.1) is 18.3 Å². The molecule has 1 aromatic rings. The molecule has 0 spiro atoms. The number of nitrogens with zero attached hydrogens (tertiary/aromatic N) is 1. The lowest BCUT2D eigenvalue weighted by atomic mass is 10.1. The molecule has 0 fully saturated rings. The van der Waals surface area contributed by atoms with E-state index < -0.39 is 11.1 Å². The van der Waals surface area contributed by atoms with Crippen LogP contribution >= 0.6 is 0 Å². The van der Waals surface area contributed by atoms with E-state index in [9.17, 15) is 4.21 Å². The van der Waals surface area contributed by atoms with E-state index in [0.717, 1.165) is 11.1 Å². The molecule has 0 amide bonds. The second kappa shape index (κ2) is 4.17. The van der Waals surface area contributed by atoms with Crippen LogP contribution in [0.2, 0.25) is 0 Å². The zero-order valence-corrected chi connectivity index (χ0v) is 7.97. The van der Waals surface area contributed by atoms with E-state index in [0.29, 0.717) is 5.56 Å². The summed E-state index contributed by atoms with van der Waals surface area (Å²) in [6.45, 7) is 1.81. The van der Waals surface area contributed by atoms with Gasteiger partial charge >= 0.3 is 0 Å². The van der Waals surface area contributed by atoms with E-state index in [-0.39, 0.29) is 5.75 Å². The van der Waals surface area contributed by atoms with E-state index in [1.54, 1.807) is 18.2 Å². The first-order chi connectivity index (χ1) is 6.13. The summed E-state index contributed by atoms with van der Waals surface area (Å²) in [4.78, 5) is 0. The van der Waals surface area contributed by atoms with E-state index in [2.05, 4.69) is 0 Å². The van der Waals surface area contributed by atoms with E-state index >= 15 is 0 Å². The number of aryl methyl sites for hydroxylation is 1. The van der Waals surface area contributed by atoms with Gasteiger partial charge in [0.15, 0.2) is 11.1 Å². The van der Waals surface area contributed by atoms with Gasteiger partial charge < -0.3 is 4.55 Å². The number of hydrogen-bond donors (Lipinski definition) is 1. The first kappa shape index (κ1) is 9.90. The van der Waals surface area contributed by atoms with Crippen LogP contribution in [0.15, 0.2) is 18.2 Å². The van der Waals surface area contributed by atoms with Crippen molar-refractivity contribution in [3.63, 3.8) is 0 Å². The molecule has 1 rings (SSSR count). The molecule has 1 atom stereocenters. The molecule has 0 bridgehead atoms. The molecule has 0 saturated heterocycles. The van der Waals surface area contributed by atoms with Crippen molar-refractivity contribution in [2.75, 3.05) is 0 Å². The molecule has 1 aromatic carbocycles. The van der Waals surface area contributed by atoms with Gasteiger partial charge in [0.25, 0.3) is 0 Å². The fraction of sp³-hybridized carbons (Fsp3) is 0.222. The maximum atomic E-state index is 10.5. The lowest BCUT2D eigenvalue weighted by Gasteiger charge is -2.00. The average Bonchev–Trinajstić information content (AvgIpc) is 2.03. The Labute approximate surface area is 79.3 Å². The Bertz CT molecular complexity index is 382. The molecule has 1 N–H and O–H groups in total. The smallest absolute Gasteiger partial charge is 0.157 e. The minimum atomic E-state index is -1.82. The average molecular weight is 195 g/mol. The van der Waals surface area contributed by atoms with E-state index in [1.165, 1.54) is 0 Å². The highest BCUT2D eigenvalue weighted by Gasteiger charge is 2.01. The Hall–Kier alpha value is -1.18. The molecule has 0 aliphatic carbocycles. The Morgan fingerprint density at radius 2 is 2.31 bits per heavy atom. The van der Waals surface area contributed by atoms with Gasteiger partial charge in [-0.15, -0.1) is 0 Å². The quantitative estimate of drug-likeness (QED) is 0.729. The second-order valence-electron chi connectivity index (χ2n) is 2.73. The largest absolute Gasteiger partial charge is 0.306 e. The van der Waals surface area contributed by atoms with Crippen molar-refractivity contribution in [1.82, 2.24) is 0 Å². The minimum Gasteiger partial charge on any atom is -0.306 e. The van der Waals surface area contributed by atoms with Gasteiger partial charge in [-0.3, -0.25) is 0 Å². The Morgan fingerprint density at radius 1 is 1.62 bits per heavy atom. The highest BCUT2D eigenvalue weighted by atomic mass is 32.2. The fourth-order valence-electron chi connectivity index (χ4n) is 1.08. The van der Waals surface area contributed by atoms with E-state index in [1.807, 2.05) is 13.0 Å². The molecule has 68 valence electrons. The lowest BCUT2D eigenvalue weighted by Crippen LogP contribution is -1.94. The van der Waals surface area contributed by atoms with Crippen LogP contribution in [0.3, 0.4) is 0 Å². The summed E-state index contributed by atoms with van der Waals surface area (Å²) >= 11 is -1.82. The predicted octanol–water partition coefficient (Wildman–Crippen LogP) is 1.59. The molecular weight excluding hydrogens is 186 g/mol. The molecule has 0 heterocycles. The third kappa shape index (κ3) is 2.65. The van der Waals surface area contributed by atoms with Gasteiger partial charge in [0.2, 0.25) is 0 Å². The number of hydrogen-bond acceptors (Lipinski definition) is 2. The zero-order chi connectivity index (χ0) is 9.84. The van der Waals surface area contributed by atoms with Gasteiger partial charge in [-0.05, 0) is 24.1 Å². The summed E-state index contributed by atoms with van der Waals surface area (Å²) in [5.74, 6) is 0.118. The van der Waals surface area contributed by atoms with Crippen molar-refractivity contribution in [2.45, 2.75) is 12.7 Å². The van der Waals surface area contributed by atoms with Crippen LogP contribution in [-0.2, 0) is 16.8 Å². The van der Waals surface area contributed by atoms with Crippen molar-refractivity contribution in [2.24, 2.45) is 0 Å². The number of nitriles is 1. The number of benzene rings is 1. The van der Waals surface area contributed by atoms with Crippen molar-refractivity contribution in [3.8, 4) is 6.07 Å². The SMILES string of the molecule is Cc1cc(CS(=O)O)ccc1C#N. The van der Waals surface area contributed by atoms with Crippen LogP contribution in [-0.4, -0.2) is 8.76 Å². The summed E-state index contributed by atoms with van der Waals surface area (Å²) < 4.78 is 19.1. The van der Waals surface area contributed by atoms with Gasteiger partial charge in [0.1, 0.15) is 0 Å². The van der Waals surface area contributed by atoms with Gasteiger partial charge in [-0.1, -0.05) is 12.1 Å². The molecule has 4 heteroatoms. The van der Waals surface area contributed by atoms with Crippen molar-refractivity contribution in [3.05, 3.63) is 34.9 Å². The van der Waals surface area contributed by atoms with Gasteiger partial charge in [0.05, 0.1) is 17.4 Å². The molecule has 13 heavy (non-hydrogen) atoms. The Kier molecular flexibility index (Phi) is 3.18. The van der Waals surface area contributed by atoms with Crippen molar-refractivity contribution >= 4 is 11.1 Å². The van der Waals surface area contributed by atoms with Crippen LogP contribution in [0.4, 0.5) is 0 Å². The topological polar surface area (TPSA) is 61.1 Å². The fourth-order valence-corrected chi connectivity index (χ4v) is 1.55. The third-order valence-corrected chi connectivity index (χ3v) is 2.28.